The van der Waals surface area contributed by atoms with E-state index >= 15 is 0 Å². The first-order chi connectivity index (χ1) is 8.61. The maximum absolute atomic E-state index is 12.3. The van der Waals surface area contributed by atoms with Gasteiger partial charge >= 0.3 is 5.51 Å². The average molecular weight is 296 g/mol. The molecule has 0 aliphatic carbocycles. The predicted molar refractivity (Wildman–Crippen MR) is 54.1 cm³/mol. The first-order valence-electron chi connectivity index (χ1n) is 4.29. The van der Waals surface area contributed by atoms with E-state index in [-0.39, 0.29) is 6.07 Å². The van der Waals surface area contributed by atoms with Crippen molar-refractivity contribution in [2.45, 2.75) is 10.4 Å². The maximum atomic E-state index is 12.3. The van der Waals surface area contributed by atoms with Gasteiger partial charge in [0.25, 0.3) is 15.5 Å². The van der Waals surface area contributed by atoms with E-state index in [0.29, 0.717) is 12.1 Å². The zero-order chi connectivity index (χ0) is 14.8. The minimum Gasteiger partial charge on any atom is -0.258 e. The zero-order valence-electron chi connectivity index (χ0n) is 8.71. The van der Waals surface area contributed by atoms with Crippen molar-refractivity contribution in [2.24, 2.45) is 4.99 Å². The fourth-order valence-corrected chi connectivity index (χ4v) is 1.88. The van der Waals surface area contributed by atoms with Crippen LogP contribution in [0.5, 0.6) is 0 Å². The van der Waals surface area contributed by atoms with Crippen LogP contribution in [0.1, 0.15) is 0 Å². The summed E-state index contributed by atoms with van der Waals surface area (Å²) in [4.78, 5) is 21.0. The Labute approximate surface area is 103 Å². The molecule has 0 heterocycles. The van der Waals surface area contributed by atoms with E-state index in [9.17, 15) is 36.5 Å². The van der Waals surface area contributed by atoms with Crippen LogP contribution in [0.4, 0.5) is 24.5 Å². The maximum Gasteiger partial charge on any atom is 0.501 e. The summed E-state index contributed by atoms with van der Waals surface area (Å²) in [6.07, 6.45) is 0.967. The number of nitrogens with zero attached hydrogens (tertiary/aromatic N) is 2. The van der Waals surface area contributed by atoms with E-state index in [2.05, 4.69) is 4.99 Å². The van der Waals surface area contributed by atoms with Gasteiger partial charge < -0.3 is 0 Å². The van der Waals surface area contributed by atoms with Crippen LogP contribution in [0.2, 0.25) is 0 Å². The summed E-state index contributed by atoms with van der Waals surface area (Å²) in [6, 6.07) is 1.26. The highest BCUT2D eigenvalue weighted by molar-refractivity contribution is 7.92. The molecule has 0 aliphatic rings. The third kappa shape index (κ3) is 2.77. The molecule has 0 spiro atoms. The lowest BCUT2D eigenvalue weighted by atomic mass is 10.3. The van der Waals surface area contributed by atoms with E-state index in [4.69, 9.17) is 0 Å². The molecule has 0 atom stereocenters. The molecule has 1 rings (SSSR count). The van der Waals surface area contributed by atoms with Gasteiger partial charge in [-0.3, -0.25) is 10.1 Å². The second kappa shape index (κ2) is 4.78. The van der Waals surface area contributed by atoms with Crippen LogP contribution in [-0.4, -0.2) is 24.9 Å². The summed E-state index contributed by atoms with van der Waals surface area (Å²) < 4.78 is 58.9. The van der Waals surface area contributed by atoms with Crippen LogP contribution in [0.15, 0.2) is 28.1 Å². The number of carbonyl (C=O) groups excluding carboxylic acids is 1. The third-order valence-electron chi connectivity index (χ3n) is 1.92. The molecular weight excluding hydrogens is 293 g/mol. The minimum absolute atomic E-state index is 0.180. The van der Waals surface area contributed by atoms with Gasteiger partial charge in [-0.1, -0.05) is 0 Å². The van der Waals surface area contributed by atoms with Crippen LogP contribution in [-0.2, 0) is 14.6 Å². The van der Waals surface area contributed by atoms with E-state index in [0.717, 1.165) is 6.08 Å². The Bertz CT molecular complexity index is 676. The van der Waals surface area contributed by atoms with Crippen LogP contribution < -0.4 is 0 Å². The normalized spacial score (nSPS) is 11.7. The number of nitro groups is 1. The van der Waals surface area contributed by atoms with Gasteiger partial charge in [0, 0.05) is 6.07 Å². The Hall–Kier alpha value is -2.26. The van der Waals surface area contributed by atoms with Gasteiger partial charge in [-0.25, -0.2) is 13.2 Å². The minimum atomic E-state index is -5.71. The molecule has 7 nitrogen and oxygen atoms in total. The lowest BCUT2D eigenvalue weighted by Crippen LogP contribution is -2.23. The Morgan fingerprint density at radius 2 is 1.89 bits per heavy atom. The number of benzene rings is 1. The largest absolute Gasteiger partial charge is 0.501 e. The molecule has 1 aromatic rings. The fraction of sp³-hybridized carbons (Fsp3) is 0.125. The molecule has 0 N–H and O–H groups in total. The number of hydrogen-bond acceptors (Lipinski definition) is 6. The number of nitro benzene ring substituents is 1. The standard InChI is InChI=1S/C8H3F3N2O5S/c9-8(10,11)19(17,18)5-1-2-6(12-4-14)7(3-5)13(15)16/h1-3H. The first kappa shape index (κ1) is 14.8. The van der Waals surface area contributed by atoms with Crippen LogP contribution in [0.3, 0.4) is 0 Å². The molecule has 0 saturated heterocycles. The number of isocyanates is 1. The molecule has 0 unspecified atom stereocenters. The molecule has 0 aromatic heterocycles. The molecule has 0 saturated carbocycles. The van der Waals surface area contributed by atoms with Gasteiger partial charge in [0.15, 0.2) is 5.69 Å². The fourth-order valence-electron chi connectivity index (χ4n) is 1.09. The van der Waals surface area contributed by atoms with Crippen molar-refractivity contribution in [1.29, 1.82) is 0 Å². The molecule has 11 heteroatoms. The summed E-state index contributed by atoms with van der Waals surface area (Å²) in [6.45, 7) is 0. The summed E-state index contributed by atoms with van der Waals surface area (Å²) in [5, 5.41) is 10.6. The Morgan fingerprint density at radius 3 is 2.32 bits per heavy atom. The molecule has 0 amide bonds. The number of halogens is 3. The predicted octanol–water partition coefficient (Wildman–Crippen LogP) is 1.86. The molecule has 1 aromatic carbocycles. The van der Waals surface area contributed by atoms with Crippen molar-refractivity contribution in [1.82, 2.24) is 0 Å². The van der Waals surface area contributed by atoms with Crippen LogP contribution >= 0.6 is 0 Å². The highest BCUT2D eigenvalue weighted by atomic mass is 32.2. The van der Waals surface area contributed by atoms with Gasteiger partial charge in [0.05, 0.1) is 9.82 Å². The van der Waals surface area contributed by atoms with E-state index in [1.54, 1.807) is 0 Å². The van der Waals surface area contributed by atoms with Crippen molar-refractivity contribution < 1.29 is 31.3 Å². The van der Waals surface area contributed by atoms with Crippen LogP contribution in [0, 0.1) is 10.1 Å². The number of hydrogen-bond donors (Lipinski definition) is 0. The summed E-state index contributed by atoms with van der Waals surface area (Å²) >= 11 is 0. The van der Waals surface area contributed by atoms with Crippen molar-refractivity contribution in [3.05, 3.63) is 28.3 Å². The molecule has 0 radical (unpaired) electrons. The smallest absolute Gasteiger partial charge is 0.258 e. The highest BCUT2D eigenvalue weighted by Crippen LogP contribution is 2.35. The molecule has 0 fully saturated rings. The Morgan fingerprint density at radius 1 is 1.32 bits per heavy atom. The molecule has 19 heavy (non-hydrogen) atoms. The van der Waals surface area contributed by atoms with Crippen molar-refractivity contribution in [3.63, 3.8) is 0 Å². The number of rotatable bonds is 3. The summed E-state index contributed by atoms with van der Waals surface area (Å²) in [5.41, 5.74) is -7.23. The van der Waals surface area contributed by atoms with Gasteiger partial charge in [-0.05, 0) is 12.1 Å². The van der Waals surface area contributed by atoms with E-state index in [1.165, 1.54) is 0 Å². The lowest BCUT2D eigenvalue weighted by molar-refractivity contribution is -0.384. The highest BCUT2D eigenvalue weighted by Gasteiger charge is 2.47. The number of alkyl halides is 3. The summed E-state index contributed by atoms with van der Waals surface area (Å²) in [7, 11) is -5.71. The van der Waals surface area contributed by atoms with Gasteiger partial charge in [-0.15, -0.1) is 0 Å². The molecular formula is C8H3F3N2O5S. The van der Waals surface area contributed by atoms with Crippen molar-refractivity contribution in [3.8, 4) is 0 Å². The van der Waals surface area contributed by atoms with Gasteiger partial charge in [-0.2, -0.15) is 18.2 Å². The topological polar surface area (TPSA) is 107 Å². The van der Waals surface area contributed by atoms with E-state index in [1.807, 2.05) is 0 Å². The van der Waals surface area contributed by atoms with Gasteiger partial charge in [0.1, 0.15) is 0 Å². The number of aliphatic imine (C=N–C) groups is 1. The van der Waals surface area contributed by atoms with Gasteiger partial charge in [0.2, 0.25) is 6.08 Å². The lowest BCUT2D eigenvalue weighted by Gasteiger charge is -2.07. The van der Waals surface area contributed by atoms with E-state index < -0.39 is 36.5 Å². The third-order valence-corrected chi connectivity index (χ3v) is 3.41. The Kier molecular flexibility index (Phi) is 3.73. The second-order valence-corrected chi connectivity index (χ2v) is 5.00. The van der Waals surface area contributed by atoms with Crippen molar-refractivity contribution in [2.75, 3.05) is 0 Å². The zero-order valence-corrected chi connectivity index (χ0v) is 9.53. The average Bonchev–Trinajstić information content (AvgIpc) is 2.27. The van der Waals surface area contributed by atoms with Crippen molar-refractivity contribution >= 4 is 27.3 Å². The SMILES string of the molecule is O=C=Nc1ccc(S(=O)(=O)C(F)(F)F)cc1[N+](=O)[O-]. The molecule has 0 aliphatic heterocycles. The second-order valence-electron chi connectivity index (χ2n) is 3.06. The Balaban J connectivity index is 3.56. The quantitative estimate of drug-likeness (QED) is 0.366. The summed E-state index contributed by atoms with van der Waals surface area (Å²) in [5.74, 6) is 0. The molecule has 0 bridgehead atoms. The van der Waals surface area contributed by atoms with Crippen LogP contribution in [0.25, 0.3) is 0 Å². The monoisotopic (exact) mass is 296 g/mol. The number of sulfone groups is 1. The molecule has 102 valence electrons. The first-order valence-corrected chi connectivity index (χ1v) is 5.77.